The summed E-state index contributed by atoms with van der Waals surface area (Å²) < 4.78 is 38.4. The Labute approximate surface area is 122 Å². The summed E-state index contributed by atoms with van der Waals surface area (Å²) in [6.45, 7) is 3.65. The molecule has 0 bridgehead atoms. The number of benzene rings is 1. The smallest absolute Gasteiger partial charge is 0.371 e. The first-order valence-corrected chi connectivity index (χ1v) is 6.84. The molecule has 0 aliphatic carbocycles. The van der Waals surface area contributed by atoms with Crippen LogP contribution < -0.4 is 10.2 Å². The van der Waals surface area contributed by atoms with E-state index in [0.29, 0.717) is 5.69 Å². The van der Waals surface area contributed by atoms with Crippen molar-refractivity contribution in [2.75, 3.05) is 25.0 Å². The number of nitrogens with one attached hydrogen (secondary N) is 1. The number of piperidine rings is 1. The average Bonchev–Trinajstić information content (AvgIpc) is 2.46. The van der Waals surface area contributed by atoms with E-state index in [9.17, 15) is 13.2 Å². The first-order valence-electron chi connectivity index (χ1n) is 6.84. The summed E-state index contributed by atoms with van der Waals surface area (Å²) in [5.74, 6) is 0. The third-order valence-electron chi connectivity index (χ3n) is 4.26. The van der Waals surface area contributed by atoms with Crippen LogP contribution in [0, 0.1) is 11.3 Å². The van der Waals surface area contributed by atoms with Crippen molar-refractivity contribution >= 4 is 5.69 Å². The van der Waals surface area contributed by atoms with Gasteiger partial charge in [0.1, 0.15) is 0 Å². The van der Waals surface area contributed by atoms with Crippen molar-refractivity contribution in [1.82, 2.24) is 5.32 Å². The molecule has 6 heteroatoms. The Morgan fingerprint density at radius 3 is 2.38 bits per heavy atom. The van der Waals surface area contributed by atoms with E-state index in [-0.39, 0.29) is 11.1 Å². The molecule has 0 saturated carbocycles. The van der Waals surface area contributed by atoms with Crippen LogP contribution in [0.3, 0.4) is 0 Å². The lowest BCUT2D eigenvalue weighted by atomic mass is 9.89. The minimum Gasteiger partial charge on any atom is -0.371 e. The van der Waals surface area contributed by atoms with Gasteiger partial charge in [-0.3, -0.25) is 0 Å². The molecule has 1 heterocycles. The topological polar surface area (TPSA) is 39.1 Å². The fraction of sp³-hybridized carbons (Fsp3) is 0.533. The van der Waals surface area contributed by atoms with E-state index in [4.69, 9.17) is 5.26 Å². The molecule has 1 aromatic carbocycles. The highest BCUT2D eigenvalue weighted by Crippen LogP contribution is 2.34. The summed E-state index contributed by atoms with van der Waals surface area (Å²) >= 11 is 0. The van der Waals surface area contributed by atoms with Crippen molar-refractivity contribution in [3.05, 3.63) is 29.3 Å². The fourth-order valence-corrected chi connectivity index (χ4v) is 2.58. The van der Waals surface area contributed by atoms with E-state index in [1.54, 1.807) is 6.07 Å². The molecule has 1 fully saturated rings. The highest BCUT2D eigenvalue weighted by Gasteiger charge is 2.34. The average molecular weight is 297 g/mol. The highest BCUT2D eigenvalue weighted by molar-refractivity contribution is 5.55. The molecule has 0 aromatic heterocycles. The summed E-state index contributed by atoms with van der Waals surface area (Å²) in [6.07, 6.45) is -2.67. The maximum absolute atomic E-state index is 12.8. The summed E-state index contributed by atoms with van der Waals surface area (Å²) in [5, 5.41) is 12.2. The van der Waals surface area contributed by atoms with Gasteiger partial charge in [-0.15, -0.1) is 0 Å². The van der Waals surface area contributed by atoms with Crippen molar-refractivity contribution in [2.24, 2.45) is 0 Å². The van der Waals surface area contributed by atoms with Crippen molar-refractivity contribution < 1.29 is 13.2 Å². The van der Waals surface area contributed by atoms with Crippen LogP contribution in [0.2, 0.25) is 0 Å². The zero-order valence-corrected chi connectivity index (χ0v) is 12.1. The van der Waals surface area contributed by atoms with E-state index in [1.807, 2.05) is 11.9 Å². The van der Waals surface area contributed by atoms with Gasteiger partial charge >= 0.3 is 6.18 Å². The normalized spacial score (nSPS) is 18.4. The molecular formula is C15H18F3N3. The third-order valence-corrected chi connectivity index (χ3v) is 4.26. The van der Waals surface area contributed by atoms with Crippen molar-refractivity contribution in [3.63, 3.8) is 0 Å². The van der Waals surface area contributed by atoms with Crippen LogP contribution in [-0.2, 0) is 6.18 Å². The molecule has 1 N–H and O–H groups in total. The van der Waals surface area contributed by atoms with E-state index in [0.717, 1.165) is 32.0 Å². The quantitative estimate of drug-likeness (QED) is 0.911. The van der Waals surface area contributed by atoms with Gasteiger partial charge in [-0.2, -0.15) is 18.4 Å². The summed E-state index contributed by atoms with van der Waals surface area (Å²) in [4.78, 5) is 2.03. The molecule has 1 aliphatic rings. The lowest BCUT2D eigenvalue weighted by molar-refractivity contribution is -0.137. The number of anilines is 1. The first-order chi connectivity index (χ1) is 9.79. The Morgan fingerprint density at radius 1 is 1.29 bits per heavy atom. The standard InChI is InChI=1S/C15H18F3N3/c1-14(20-2)5-7-21(8-6-14)12-3-4-13(15(16,17)18)11(9-12)10-19/h3-4,9,20H,5-8H2,1-2H3. The molecule has 0 unspecified atom stereocenters. The Bertz CT molecular complexity index is 552. The van der Waals surface area contributed by atoms with Gasteiger partial charge in [-0.25, -0.2) is 0 Å². The van der Waals surface area contributed by atoms with Crippen LogP contribution >= 0.6 is 0 Å². The second-order valence-corrected chi connectivity index (χ2v) is 5.64. The SMILES string of the molecule is CNC1(C)CCN(c2ccc(C(F)(F)F)c(C#N)c2)CC1. The predicted molar refractivity (Wildman–Crippen MR) is 75.1 cm³/mol. The van der Waals surface area contributed by atoms with Crippen LogP contribution in [0.4, 0.5) is 18.9 Å². The van der Waals surface area contributed by atoms with Crippen LogP contribution in [0.1, 0.15) is 30.9 Å². The molecule has 0 atom stereocenters. The van der Waals surface area contributed by atoms with Crippen LogP contribution in [-0.4, -0.2) is 25.7 Å². The largest absolute Gasteiger partial charge is 0.417 e. The van der Waals surface area contributed by atoms with Crippen LogP contribution in [0.5, 0.6) is 0 Å². The van der Waals surface area contributed by atoms with E-state index in [1.165, 1.54) is 12.1 Å². The van der Waals surface area contributed by atoms with Gasteiger partial charge in [-0.05, 0) is 45.0 Å². The zero-order valence-electron chi connectivity index (χ0n) is 12.1. The number of hydrogen-bond acceptors (Lipinski definition) is 3. The minimum atomic E-state index is -4.49. The number of hydrogen-bond donors (Lipinski definition) is 1. The second-order valence-electron chi connectivity index (χ2n) is 5.64. The Kier molecular flexibility index (Phi) is 4.15. The van der Waals surface area contributed by atoms with Crippen LogP contribution in [0.25, 0.3) is 0 Å². The van der Waals surface area contributed by atoms with Gasteiger partial charge in [0, 0.05) is 24.3 Å². The molecule has 0 amide bonds. The lowest BCUT2D eigenvalue weighted by Gasteiger charge is -2.40. The Balaban J connectivity index is 2.22. The van der Waals surface area contributed by atoms with Gasteiger partial charge < -0.3 is 10.2 Å². The Hall–Kier alpha value is -1.74. The predicted octanol–water partition coefficient (Wildman–Crippen LogP) is 3.16. The fourth-order valence-electron chi connectivity index (χ4n) is 2.58. The number of nitriles is 1. The van der Waals surface area contributed by atoms with Gasteiger partial charge in [0.15, 0.2) is 0 Å². The highest BCUT2D eigenvalue weighted by atomic mass is 19.4. The maximum Gasteiger partial charge on any atom is 0.417 e. The van der Waals surface area contributed by atoms with Crippen molar-refractivity contribution in [2.45, 2.75) is 31.5 Å². The second kappa shape index (κ2) is 5.57. The number of rotatable bonds is 2. The lowest BCUT2D eigenvalue weighted by Crippen LogP contribution is -2.50. The van der Waals surface area contributed by atoms with Crippen LogP contribution in [0.15, 0.2) is 18.2 Å². The van der Waals surface area contributed by atoms with Gasteiger partial charge in [0.05, 0.1) is 17.2 Å². The first kappa shape index (κ1) is 15.6. The number of nitrogens with zero attached hydrogens (tertiary/aromatic N) is 2. The number of alkyl halides is 3. The maximum atomic E-state index is 12.8. The summed E-state index contributed by atoms with van der Waals surface area (Å²) in [5.41, 5.74) is -0.439. The molecule has 21 heavy (non-hydrogen) atoms. The molecule has 1 aliphatic heterocycles. The molecule has 0 spiro atoms. The van der Waals surface area contributed by atoms with E-state index >= 15 is 0 Å². The Morgan fingerprint density at radius 2 is 1.90 bits per heavy atom. The molecule has 2 rings (SSSR count). The monoisotopic (exact) mass is 297 g/mol. The minimum absolute atomic E-state index is 0.0699. The van der Waals surface area contributed by atoms with Crippen molar-refractivity contribution in [1.29, 1.82) is 5.26 Å². The van der Waals surface area contributed by atoms with E-state index in [2.05, 4.69) is 12.2 Å². The summed E-state index contributed by atoms with van der Waals surface area (Å²) in [7, 11) is 1.92. The molecule has 3 nitrogen and oxygen atoms in total. The van der Waals surface area contributed by atoms with Gasteiger partial charge in [0.25, 0.3) is 0 Å². The van der Waals surface area contributed by atoms with Gasteiger partial charge in [0.2, 0.25) is 0 Å². The molecule has 114 valence electrons. The summed E-state index contributed by atoms with van der Waals surface area (Å²) in [6, 6.07) is 5.44. The molecule has 1 saturated heterocycles. The molecule has 1 aromatic rings. The van der Waals surface area contributed by atoms with E-state index < -0.39 is 11.7 Å². The van der Waals surface area contributed by atoms with Gasteiger partial charge in [-0.1, -0.05) is 0 Å². The molecule has 0 radical (unpaired) electrons. The molecular weight excluding hydrogens is 279 g/mol. The van der Waals surface area contributed by atoms with Crippen molar-refractivity contribution in [3.8, 4) is 6.07 Å². The number of halogens is 3. The zero-order chi connectivity index (χ0) is 15.7. The third kappa shape index (κ3) is 3.30.